The number of carboxylic acid groups (broad SMARTS) is 1. The van der Waals surface area contributed by atoms with Crippen molar-refractivity contribution >= 4 is 22.3 Å². The zero-order valence-corrected chi connectivity index (χ0v) is 13.5. The molecule has 118 valence electrons. The second kappa shape index (κ2) is 5.94. The predicted octanol–water partition coefficient (Wildman–Crippen LogP) is 4.36. The summed E-state index contributed by atoms with van der Waals surface area (Å²) in [7, 11) is 0. The van der Waals surface area contributed by atoms with E-state index in [1.807, 2.05) is 35.0 Å². The number of fused-ring (bicyclic) bond motifs is 1. The lowest BCUT2D eigenvalue weighted by Gasteiger charge is -2.02. The number of benzene rings is 2. The summed E-state index contributed by atoms with van der Waals surface area (Å²) in [5.41, 5.74) is 4.30. The first-order chi connectivity index (χ1) is 11.7. The number of hydrogen-bond donors (Lipinski definition) is 1. The predicted molar refractivity (Wildman–Crippen MR) is 95.3 cm³/mol. The first-order valence-corrected chi connectivity index (χ1v) is 8.36. The van der Waals surface area contributed by atoms with Gasteiger partial charge in [-0.25, -0.2) is 4.98 Å². The Hall–Kier alpha value is -2.92. The summed E-state index contributed by atoms with van der Waals surface area (Å²) in [4.78, 5) is 17.0. The van der Waals surface area contributed by atoms with E-state index in [2.05, 4.69) is 41.4 Å². The van der Waals surface area contributed by atoms with Gasteiger partial charge in [-0.3, -0.25) is 9.20 Å². The third-order valence-corrected chi connectivity index (χ3v) is 4.81. The fourth-order valence-electron chi connectivity index (χ4n) is 2.68. The zero-order valence-electron chi connectivity index (χ0n) is 12.7. The lowest BCUT2D eigenvalue weighted by molar-refractivity contribution is -0.136. The number of rotatable bonds is 4. The molecule has 0 aliphatic carbocycles. The van der Waals surface area contributed by atoms with Crippen molar-refractivity contribution in [3.05, 3.63) is 71.9 Å². The average molecular weight is 334 g/mol. The van der Waals surface area contributed by atoms with Crippen LogP contribution in [0.25, 0.3) is 27.3 Å². The van der Waals surface area contributed by atoms with Gasteiger partial charge in [-0.1, -0.05) is 54.6 Å². The molecule has 0 amide bonds. The molecule has 2 heterocycles. The highest BCUT2D eigenvalue weighted by molar-refractivity contribution is 7.17. The van der Waals surface area contributed by atoms with Crippen molar-refractivity contribution in [1.29, 1.82) is 0 Å². The molecule has 0 spiro atoms. The molecule has 0 saturated heterocycles. The minimum atomic E-state index is -0.823. The van der Waals surface area contributed by atoms with Gasteiger partial charge in [-0.05, 0) is 11.1 Å². The highest BCUT2D eigenvalue weighted by atomic mass is 32.1. The monoisotopic (exact) mass is 334 g/mol. The molecule has 24 heavy (non-hydrogen) atoms. The normalized spacial score (nSPS) is 11.0. The maximum absolute atomic E-state index is 10.8. The van der Waals surface area contributed by atoms with Gasteiger partial charge >= 0.3 is 5.97 Å². The zero-order chi connectivity index (χ0) is 16.5. The number of aliphatic carboxylic acids is 1. The quantitative estimate of drug-likeness (QED) is 0.603. The van der Waals surface area contributed by atoms with E-state index in [1.165, 1.54) is 22.5 Å². The van der Waals surface area contributed by atoms with Gasteiger partial charge in [0.05, 0.1) is 12.1 Å². The largest absolute Gasteiger partial charge is 0.481 e. The topological polar surface area (TPSA) is 54.6 Å². The fourth-order valence-corrected chi connectivity index (χ4v) is 3.63. The van der Waals surface area contributed by atoms with E-state index in [0.29, 0.717) is 0 Å². The second-order valence-electron chi connectivity index (χ2n) is 5.53. The Balaban J connectivity index is 1.62. The van der Waals surface area contributed by atoms with Crippen LogP contribution >= 0.6 is 11.3 Å². The summed E-state index contributed by atoms with van der Waals surface area (Å²) < 4.78 is 1.89. The number of thiazole rings is 1. The smallest absolute Gasteiger partial charge is 0.308 e. The number of aromatic nitrogens is 2. The van der Waals surface area contributed by atoms with Crippen LogP contribution in [0.15, 0.2) is 67.0 Å². The van der Waals surface area contributed by atoms with E-state index in [1.54, 1.807) is 0 Å². The van der Waals surface area contributed by atoms with Gasteiger partial charge in [0.25, 0.3) is 0 Å². The summed E-state index contributed by atoms with van der Waals surface area (Å²) in [6.07, 6.45) is 3.81. The van der Waals surface area contributed by atoms with Gasteiger partial charge in [-0.15, -0.1) is 11.3 Å². The molecule has 0 unspecified atom stereocenters. The maximum atomic E-state index is 10.8. The fraction of sp³-hybridized carbons (Fsp3) is 0.0526. The Kier molecular flexibility index (Phi) is 3.63. The number of carboxylic acids is 1. The van der Waals surface area contributed by atoms with Gasteiger partial charge in [0, 0.05) is 22.8 Å². The summed E-state index contributed by atoms with van der Waals surface area (Å²) in [6.45, 7) is 0. The van der Waals surface area contributed by atoms with Crippen molar-refractivity contribution in [3.63, 3.8) is 0 Å². The molecule has 0 fully saturated rings. The minimum absolute atomic E-state index is 0.0368. The lowest BCUT2D eigenvalue weighted by atomic mass is 10.0. The van der Waals surface area contributed by atoms with Crippen LogP contribution in [0.5, 0.6) is 0 Å². The van der Waals surface area contributed by atoms with Crippen molar-refractivity contribution < 1.29 is 9.90 Å². The van der Waals surface area contributed by atoms with E-state index < -0.39 is 5.97 Å². The molecule has 2 aromatic carbocycles. The third kappa shape index (κ3) is 2.81. The van der Waals surface area contributed by atoms with Crippen molar-refractivity contribution in [3.8, 4) is 22.4 Å². The first kappa shape index (κ1) is 14.7. The maximum Gasteiger partial charge on any atom is 0.308 e. The lowest BCUT2D eigenvalue weighted by Crippen LogP contribution is -1.97. The molecule has 0 bridgehead atoms. The van der Waals surface area contributed by atoms with Crippen LogP contribution in [0.3, 0.4) is 0 Å². The van der Waals surface area contributed by atoms with Gasteiger partial charge in [-0.2, -0.15) is 0 Å². The number of nitrogens with zero attached hydrogens (tertiary/aromatic N) is 2. The molecule has 2 aromatic heterocycles. The molecule has 0 atom stereocenters. The summed E-state index contributed by atoms with van der Waals surface area (Å²) in [6, 6.07) is 18.6. The van der Waals surface area contributed by atoms with Gasteiger partial charge < -0.3 is 5.11 Å². The molecule has 1 N–H and O–H groups in total. The highest BCUT2D eigenvalue weighted by Crippen LogP contribution is 2.26. The van der Waals surface area contributed by atoms with E-state index in [-0.39, 0.29) is 6.42 Å². The van der Waals surface area contributed by atoms with Crippen molar-refractivity contribution in [2.24, 2.45) is 0 Å². The number of hydrogen-bond acceptors (Lipinski definition) is 3. The molecule has 0 aliphatic heterocycles. The Morgan fingerprint density at radius 1 is 0.958 bits per heavy atom. The van der Waals surface area contributed by atoms with Crippen LogP contribution < -0.4 is 0 Å². The summed E-state index contributed by atoms with van der Waals surface area (Å²) >= 11 is 1.41. The molecule has 0 saturated carbocycles. The Labute approximate surface area is 142 Å². The number of imidazole rings is 1. The molecule has 0 aliphatic rings. The van der Waals surface area contributed by atoms with Crippen LogP contribution in [-0.2, 0) is 11.2 Å². The van der Waals surface area contributed by atoms with Crippen molar-refractivity contribution in [1.82, 2.24) is 9.38 Å². The second-order valence-corrected chi connectivity index (χ2v) is 6.62. The van der Waals surface area contributed by atoms with E-state index >= 15 is 0 Å². The SMILES string of the molecule is O=C(O)Cc1cn2cc(-c3ccc(-c4ccccc4)cc3)nc2s1. The average Bonchev–Trinajstić information content (AvgIpc) is 3.13. The molecule has 4 nitrogen and oxygen atoms in total. The molecule has 4 aromatic rings. The Morgan fingerprint density at radius 2 is 1.62 bits per heavy atom. The van der Waals surface area contributed by atoms with Gasteiger partial charge in [0.2, 0.25) is 0 Å². The Bertz CT molecular complexity index is 969. The highest BCUT2D eigenvalue weighted by Gasteiger charge is 2.10. The standard InChI is InChI=1S/C19H14N2O2S/c22-18(23)10-16-11-21-12-17(20-19(21)24-16)15-8-6-14(7-9-15)13-4-2-1-3-5-13/h1-9,11-12H,10H2,(H,22,23). The van der Waals surface area contributed by atoms with Gasteiger partial charge in [0.15, 0.2) is 4.96 Å². The Morgan fingerprint density at radius 3 is 2.29 bits per heavy atom. The first-order valence-electron chi connectivity index (χ1n) is 7.54. The van der Waals surface area contributed by atoms with Crippen LogP contribution in [0.1, 0.15) is 4.88 Å². The summed E-state index contributed by atoms with van der Waals surface area (Å²) in [5.74, 6) is -0.823. The van der Waals surface area contributed by atoms with E-state index in [0.717, 1.165) is 21.1 Å². The van der Waals surface area contributed by atoms with Crippen LogP contribution in [0, 0.1) is 0 Å². The van der Waals surface area contributed by atoms with Crippen molar-refractivity contribution in [2.75, 3.05) is 0 Å². The third-order valence-electron chi connectivity index (χ3n) is 3.82. The number of carbonyl (C=O) groups is 1. The van der Waals surface area contributed by atoms with E-state index in [4.69, 9.17) is 5.11 Å². The van der Waals surface area contributed by atoms with Crippen LogP contribution in [0.2, 0.25) is 0 Å². The molecular weight excluding hydrogens is 320 g/mol. The van der Waals surface area contributed by atoms with Crippen LogP contribution in [0.4, 0.5) is 0 Å². The van der Waals surface area contributed by atoms with E-state index in [9.17, 15) is 4.79 Å². The summed E-state index contributed by atoms with van der Waals surface area (Å²) in [5, 5.41) is 8.86. The van der Waals surface area contributed by atoms with Gasteiger partial charge in [0.1, 0.15) is 0 Å². The minimum Gasteiger partial charge on any atom is -0.481 e. The van der Waals surface area contributed by atoms with Crippen LogP contribution in [-0.4, -0.2) is 20.5 Å². The molecule has 0 radical (unpaired) electrons. The van der Waals surface area contributed by atoms with Crippen molar-refractivity contribution in [2.45, 2.75) is 6.42 Å². The molecular formula is C19H14N2O2S. The molecule has 4 rings (SSSR count). The molecule has 5 heteroatoms.